The molecule has 1 amide bonds. The second-order valence-electron chi connectivity index (χ2n) is 7.02. The zero-order valence-electron chi connectivity index (χ0n) is 13.1. The van der Waals surface area contributed by atoms with Crippen LogP contribution in [0.1, 0.15) is 20.8 Å². The van der Waals surface area contributed by atoms with E-state index in [2.05, 4.69) is 15.1 Å². The van der Waals surface area contributed by atoms with Crippen LogP contribution < -0.4 is 4.90 Å². The molecule has 3 heterocycles. The molecule has 2 aliphatic rings. The van der Waals surface area contributed by atoms with Gasteiger partial charge in [0.2, 0.25) is 0 Å². The maximum atomic E-state index is 12.1. The summed E-state index contributed by atoms with van der Waals surface area (Å²) in [4.78, 5) is 16.2. The molecule has 2 aliphatic heterocycles. The molecule has 1 aromatic rings. The van der Waals surface area contributed by atoms with Gasteiger partial charge in [0.25, 0.3) is 0 Å². The lowest BCUT2D eigenvalue weighted by Gasteiger charge is -2.26. The van der Waals surface area contributed by atoms with Crippen LogP contribution in [0.4, 0.5) is 10.6 Å². The predicted molar refractivity (Wildman–Crippen MR) is 84.0 cm³/mol. The van der Waals surface area contributed by atoms with Crippen molar-refractivity contribution in [2.45, 2.75) is 26.4 Å². The highest BCUT2D eigenvalue weighted by Gasteiger charge is 2.43. The number of nitrogens with zero attached hydrogens (tertiary/aromatic N) is 4. The van der Waals surface area contributed by atoms with E-state index >= 15 is 0 Å². The van der Waals surface area contributed by atoms with E-state index in [0.29, 0.717) is 17.0 Å². The molecule has 6 nitrogen and oxygen atoms in total. The number of ether oxygens (including phenoxy) is 1. The lowest BCUT2D eigenvalue weighted by Crippen LogP contribution is -2.37. The predicted octanol–water partition coefficient (Wildman–Crippen LogP) is 2.43. The maximum Gasteiger partial charge on any atom is 0.410 e. The molecule has 2 saturated heterocycles. The van der Waals surface area contributed by atoms with Crippen molar-refractivity contribution < 1.29 is 9.53 Å². The molecule has 0 radical (unpaired) electrons. The number of amides is 1. The van der Waals surface area contributed by atoms with E-state index in [9.17, 15) is 4.79 Å². The van der Waals surface area contributed by atoms with Gasteiger partial charge in [-0.3, -0.25) is 0 Å². The second kappa shape index (κ2) is 5.57. The summed E-state index contributed by atoms with van der Waals surface area (Å²) >= 11 is 5.77. The van der Waals surface area contributed by atoms with Crippen molar-refractivity contribution in [1.82, 2.24) is 15.1 Å². The van der Waals surface area contributed by atoms with Gasteiger partial charge in [-0.05, 0) is 32.9 Å². The van der Waals surface area contributed by atoms with E-state index in [1.807, 2.05) is 31.7 Å². The first-order chi connectivity index (χ1) is 10.3. The Bertz CT molecular complexity index is 544. The van der Waals surface area contributed by atoms with E-state index in [1.165, 1.54) is 0 Å². The molecule has 120 valence electrons. The fraction of sp³-hybridized carbons (Fsp3) is 0.667. The van der Waals surface area contributed by atoms with Gasteiger partial charge >= 0.3 is 6.09 Å². The van der Waals surface area contributed by atoms with E-state index in [4.69, 9.17) is 16.3 Å². The summed E-state index contributed by atoms with van der Waals surface area (Å²) in [6, 6.07) is 3.65. The summed E-state index contributed by atoms with van der Waals surface area (Å²) in [6.07, 6.45) is -0.209. The Kier molecular flexibility index (Phi) is 3.89. The normalized spacial score (nSPS) is 24.5. The van der Waals surface area contributed by atoms with Gasteiger partial charge < -0.3 is 14.5 Å². The lowest BCUT2D eigenvalue weighted by molar-refractivity contribution is 0.0282. The van der Waals surface area contributed by atoms with Crippen molar-refractivity contribution in [2.24, 2.45) is 11.8 Å². The fourth-order valence-electron chi connectivity index (χ4n) is 3.13. The third-order valence-corrected chi connectivity index (χ3v) is 4.28. The van der Waals surface area contributed by atoms with Gasteiger partial charge in [0.15, 0.2) is 11.0 Å². The number of aromatic nitrogens is 2. The van der Waals surface area contributed by atoms with Crippen molar-refractivity contribution in [2.75, 3.05) is 31.1 Å². The number of rotatable bonds is 1. The summed E-state index contributed by atoms with van der Waals surface area (Å²) in [5.74, 6) is 1.78. The standard InChI is InChI=1S/C15H21ClN4O2/c1-15(2,3)22-14(21)20-8-10-6-19(7-11(10)9-20)13-5-4-12(16)17-18-13/h4-5,10-11H,6-9H2,1-3H3/t10-,11+. The lowest BCUT2D eigenvalue weighted by atomic mass is 10.0. The van der Waals surface area contributed by atoms with Crippen LogP contribution in [-0.2, 0) is 4.74 Å². The molecule has 0 aliphatic carbocycles. The largest absolute Gasteiger partial charge is 0.444 e. The minimum Gasteiger partial charge on any atom is -0.444 e. The smallest absolute Gasteiger partial charge is 0.410 e. The van der Waals surface area contributed by atoms with Crippen LogP contribution in [0.5, 0.6) is 0 Å². The highest BCUT2D eigenvalue weighted by molar-refractivity contribution is 6.29. The Morgan fingerprint density at radius 2 is 1.82 bits per heavy atom. The average molecular weight is 325 g/mol. The Hall–Kier alpha value is -1.56. The van der Waals surface area contributed by atoms with Crippen LogP contribution in [0.15, 0.2) is 12.1 Å². The van der Waals surface area contributed by atoms with Crippen LogP contribution >= 0.6 is 11.6 Å². The Morgan fingerprint density at radius 3 is 2.32 bits per heavy atom. The van der Waals surface area contributed by atoms with Crippen LogP contribution in [0.2, 0.25) is 5.15 Å². The third-order valence-electron chi connectivity index (χ3n) is 4.08. The van der Waals surface area contributed by atoms with E-state index in [0.717, 1.165) is 32.0 Å². The molecule has 0 bridgehead atoms. The minimum absolute atomic E-state index is 0.209. The van der Waals surface area contributed by atoms with Crippen molar-refractivity contribution in [3.63, 3.8) is 0 Å². The number of hydrogen-bond donors (Lipinski definition) is 0. The molecule has 0 spiro atoms. The molecule has 0 saturated carbocycles. The number of halogens is 1. The Morgan fingerprint density at radius 1 is 1.18 bits per heavy atom. The summed E-state index contributed by atoms with van der Waals surface area (Å²) in [7, 11) is 0. The number of carbonyl (C=O) groups excluding carboxylic acids is 1. The molecule has 7 heteroatoms. The maximum absolute atomic E-state index is 12.1. The molecule has 0 unspecified atom stereocenters. The van der Waals surface area contributed by atoms with Gasteiger partial charge in [0.1, 0.15) is 5.60 Å². The molecule has 2 atom stereocenters. The number of fused-ring (bicyclic) bond motifs is 1. The Balaban J connectivity index is 1.58. The SMILES string of the molecule is CC(C)(C)OC(=O)N1C[C@@H]2CN(c3ccc(Cl)nn3)C[C@@H]2C1. The van der Waals surface area contributed by atoms with Crippen molar-refractivity contribution in [3.8, 4) is 0 Å². The van der Waals surface area contributed by atoms with Crippen LogP contribution in [0.25, 0.3) is 0 Å². The molecule has 22 heavy (non-hydrogen) atoms. The monoisotopic (exact) mass is 324 g/mol. The van der Waals surface area contributed by atoms with Crippen molar-refractivity contribution in [3.05, 3.63) is 17.3 Å². The fourth-order valence-corrected chi connectivity index (χ4v) is 3.23. The summed E-state index contributed by atoms with van der Waals surface area (Å²) in [5, 5.41) is 8.42. The van der Waals surface area contributed by atoms with Gasteiger partial charge in [0, 0.05) is 38.0 Å². The van der Waals surface area contributed by atoms with Gasteiger partial charge in [-0.25, -0.2) is 4.79 Å². The van der Waals surface area contributed by atoms with Gasteiger partial charge in [-0.2, -0.15) is 0 Å². The Labute approximate surface area is 135 Å². The highest BCUT2D eigenvalue weighted by atomic mass is 35.5. The first-order valence-electron chi connectivity index (χ1n) is 7.54. The van der Waals surface area contributed by atoms with Gasteiger partial charge in [0.05, 0.1) is 0 Å². The molecule has 0 aromatic carbocycles. The number of likely N-dealkylation sites (tertiary alicyclic amines) is 1. The highest BCUT2D eigenvalue weighted by Crippen LogP contribution is 2.33. The summed E-state index contributed by atoms with van der Waals surface area (Å²) in [5.41, 5.74) is -0.445. The van der Waals surface area contributed by atoms with E-state index in [1.54, 1.807) is 6.07 Å². The molecule has 0 N–H and O–H groups in total. The number of anilines is 1. The second-order valence-corrected chi connectivity index (χ2v) is 7.41. The van der Waals surface area contributed by atoms with Gasteiger partial charge in [-0.15, -0.1) is 10.2 Å². The van der Waals surface area contributed by atoms with Gasteiger partial charge in [-0.1, -0.05) is 11.6 Å². The molecule has 1 aromatic heterocycles. The van der Waals surface area contributed by atoms with Crippen molar-refractivity contribution >= 4 is 23.5 Å². The van der Waals surface area contributed by atoms with Crippen molar-refractivity contribution in [1.29, 1.82) is 0 Å². The quantitative estimate of drug-likeness (QED) is 0.794. The van der Waals surface area contributed by atoms with Crippen LogP contribution in [0.3, 0.4) is 0 Å². The third kappa shape index (κ3) is 3.27. The van der Waals surface area contributed by atoms with Crippen LogP contribution in [0, 0.1) is 11.8 Å². The first-order valence-corrected chi connectivity index (χ1v) is 7.92. The molecular weight excluding hydrogens is 304 g/mol. The zero-order chi connectivity index (χ0) is 15.9. The summed E-state index contributed by atoms with van der Waals surface area (Å²) in [6.45, 7) is 8.95. The molecule has 3 rings (SSSR count). The minimum atomic E-state index is -0.445. The number of hydrogen-bond acceptors (Lipinski definition) is 5. The van der Waals surface area contributed by atoms with Crippen LogP contribution in [-0.4, -0.2) is 53.0 Å². The number of carbonyl (C=O) groups is 1. The topological polar surface area (TPSA) is 58.6 Å². The zero-order valence-corrected chi connectivity index (χ0v) is 13.9. The first kappa shape index (κ1) is 15.3. The molecule has 2 fully saturated rings. The summed E-state index contributed by atoms with van der Waals surface area (Å²) < 4.78 is 5.45. The average Bonchev–Trinajstić information content (AvgIpc) is 2.95. The van der Waals surface area contributed by atoms with E-state index in [-0.39, 0.29) is 6.09 Å². The van der Waals surface area contributed by atoms with E-state index < -0.39 is 5.60 Å². The molecular formula is C15H21ClN4O2.